The molecule has 2 aromatic rings. The number of rotatable bonds is 7. The number of halogens is 2. The molecule has 0 saturated carbocycles. The first-order chi connectivity index (χ1) is 11.9. The molecule has 0 aliphatic carbocycles. The molecule has 0 radical (unpaired) electrons. The molecule has 0 saturated heterocycles. The van der Waals surface area contributed by atoms with Crippen LogP contribution in [0.4, 0.5) is 0 Å². The van der Waals surface area contributed by atoms with Gasteiger partial charge in [-0.05, 0) is 38.7 Å². The number of aryl methyl sites for hydroxylation is 1. The van der Waals surface area contributed by atoms with E-state index in [1.54, 1.807) is 18.2 Å². The number of nitrogens with one attached hydrogen (secondary N) is 1. The van der Waals surface area contributed by atoms with Crippen LogP contribution in [-0.2, 0) is 4.79 Å². The van der Waals surface area contributed by atoms with Crippen LogP contribution in [0.25, 0.3) is 0 Å². The molecule has 1 atom stereocenters. The first-order valence-corrected chi connectivity index (χ1v) is 8.70. The summed E-state index contributed by atoms with van der Waals surface area (Å²) in [5.74, 6) is 0.182. The third kappa shape index (κ3) is 5.92. The van der Waals surface area contributed by atoms with Crippen LogP contribution < -0.4 is 10.1 Å². The Kier molecular flexibility index (Phi) is 7.12. The Morgan fingerprint density at radius 3 is 2.48 bits per heavy atom. The third-order valence-electron chi connectivity index (χ3n) is 3.83. The van der Waals surface area contributed by atoms with Crippen LogP contribution in [0.2, 0.25) is 10.0 Å². The monoisotopic (exact) mass is 380 g/mol. The van der Waals surface area contributed by atoms with E-state index in [1.807, 2.05) is 14.1 Å². The maximum absolute atomic E-state index is 12.1. The molecule has 1 N–H and O–H groups in total. The summed E-state index contributed by atoms with van der Waals surface area (Å²) in [5, 5.41) is 3.83. The number of nitrogens with zero attached hydrogens (tertiary/aromatic N) is 1. The lowest BCUT2D eigenvalue weighted by Crippen LogP contribution is -2.36. The van der Waals surface area contributed by atoms with Crippen molar-refractivity contribution in [2.24, 2.45) is 0 Å². The minimum Gasteiger partial charge on any atom is -0.482 e. The number of carbonyl (C=O) groups excluding carboxylic acids is 1. The van der Waals surface area contributed by atoms with Crippen molar-refractivity contribution in [2.75, 3.05) is 27.2 Å². The molecule has 0 fully saturated rings. The van der Waals surface area contributed by atoms with Crippen LogP contribution in [0.5, 0.6) is 5.75 Å². The molecule has 0 heterocycles. The normalized spacial score (nSPS) is 12.1. The van der Waals surface area contributed by atoms with Gasteiger partial charge >= 0.3 is 0 Å². The van der Waals surface area contributed by atoms with Gasteiger partial charge in [0, 0.05) is 17.6 Å². The summed E-state index contributed by atoms with van der Waals surface area (Å²) in [7, 11) is 3.97. The quantitative estimate of drug-likeness (QED) is 0.785. The van der Waals surface area contributed by atoms with E-state index in [9.17, 15) is 4.79 Å². The Balaban J connectivity index is 1.90. The average Bonchev–Trinajstić information content (AvgIpc) is 2.57. The summed E-state index contributed by atoms with van der Waals surface area (Å²) in [6, 6.07) is 13.3. The number of carbonyl (C=O) groups is 1. The zero-order valence-corrected chi connectivity index (χ0v) is 16.1. The fourth-order valence-corrected chi connectivity index (χ4v) is 2.71. The summed E-state index contributed by atoms with van der Waals surface area (Å²) in [5.41, 5.74) is 2.35. The van der Waals surface area contributed by atoms with Crippen LogP contribution in [0.15, 0.2) is 42.5 Å². The number of ether oxygens (including phenoxy) is 1. The molecule has 134 valence electrons. The molecule has 0 bridgehead atoms. The molecule has 2 rings (SSSR count). The van der Waals surface area contributed by atoms with E-state index in [4.69, 9.17) is 27.9 Å². The zero-order chi connectivity index (χ0) is 18.4. The smallest absolute Gasteiger partial charge is 0.258 e. The number of amides is 1. The van der Waals surface area contributed by atoms with Crippen LogP contribution >= 0.6 is 23.2 Å². The second kappa shape index (κ2) is 9.09. The lowest BCUT2D eigenvalue weighted by Gasteiger charge is -2.25. The van der Waals surface area contributed by atoms with Crippen molar-refractivity contribution in [3.05, 3.63) is 63.6 Å². The van der Waals surface area contributed by atoms with Crippen molar-refractivity contribution in [1.82, 2.24) is 10.2 Å². The second-order valence-corrected chi connectivity index (χ2v) is 6.90. The molecule has 0 spiro atoms. The SMILES string of the molecule is Cc1ccc(C(CNC(=O)COc2cc(Cl)ccc2Cl)N(C)C)cc1. The average molecular weight is 381 g/mol. The maximum atomic E-state index is 12.1. The molecule has 1 unspecified atom stereocenters. The van der Waals surface area contributed by atoms with Gasteiger partial charge < -0.3 is 15.0 Å². The summed E-state index contributed by atoms with van der Waals surface area (Å²) >= 11 is 11.9. The molecule has 0 aromatic heterocycles. The van der Waals surface area contributed by atoms with E-state index >= 15 is 0 Å². The topological polar surface area (TPSA) is 41.6 Å². The largest absolute Gasteiger partial charge is 0.482 e. The lowest BCUT2D eigenvalue weighted by atomic mass is 10.0. The fraction of sp³-hybridized carbons (Fsp3) is 0.316. The summed E-state index contributed by atoms with van der Waals surface area (Å²) in [6.45, 7) is 2.42. The predicted molar refractivity (Wildman–Crippen MR) is 103 cm³/mol. The van der Waals surface area contributed by atoms with Gasteiger partial charge in [0.2, 0.25) is 0 Å². The third-order valence-corrected chi connectivity index (χ3v) is 4.38. The van der Waals surface area contributed by atoms with E-state index in [2.05, 4.69) is 41.4 Å². The molecule has 6 heteroatoms. The molecule has 4 nitrogen and oxygen atoms in total. The number of benzene rings is 2. The second-order valence-electron chi connectivity index (χ2n) is 6.06. The van der Waals surface area contributed by atoms with Gasteiger partial charge in [-0.2, -0.15) is 0 Å². The van der Waals surface area contributed by atoms with Gasteiger partial charge in [0.1, 0.15) is 5.75 Å². The van der Waals surface area contributed by atoms with E-state index in [0.717, 1.165) is 5.56 Å². The Hall–Kier alpha value is -1.75. The molecular formula is C19H22Cl2N2O2. The first kappa shape index (κ1) is 19.6. The van der Waals surface area contributed by atoms with Crippen molar-refractivity contribution < 1.29 is 9.53 Å². The standard InChI is InChI=1S/C19H22Cl2N2O2/c1-13-4-6-14(7-5-13)17(23(2)3)11-22-19(24)12-25-18-10-15(20)8-9-16(18)21/h4-10,17H,11-12H2,1-3H3,(H,22,24). The van der Waals surface area contributed by atoms with E-state index in [1.165, 1.54) is 5.56 Å². The number of hydrogen-bond donors (Lipinski definition) is 1. The van der Waals surface area contributed by atoms with Crippen LogP contribution in [0.3, 0.4) is 0 Å². The molecule has 0 aliphatic rings. The summed E-state index contributed by atoms with van der Waals surface area (Å²) in [4.78, 5) is 14.2. The van der Waals surface area contributed by atoms with E-state index in [-0.39, 0.29) is 18.6 Å². The molecule has 0 aliphatic heterocycles. The van der Waals surface area contributed by atoms with Gasteiger partial charge in [-0.3, -0.25) is 4.79 Å². The first-order valence-electron chi connectivity index (χ1n) is 7.94. The number of hydrogen-bond acceptors (Lipinski definition) is 3. The van der Waals surface area contributed by atoms with Gasteiger partial charge in [0.05, 0.1) is 11.1 Å². The molecule has 25 heavy (non-hydrogen) atoms. The maximum Gasteiger partial charge on any atom is 0.258 e. The van der Waals surface area contributed by atoms with E-state index < -0.39 is 0 Å². The Morgan fingerprint density at radius 1 is 1.16 bits per heavy atom. The summed E-state index contributed by atoms with van der Waals surface area (Å²) < 4.78 is 5.45. The molecular weight excluding hydrogens is 359 g/mol. The van der Waals surface area contributed by atoms with Crippen molar-refractivity contribution in [1.29, 1.82) is 0 Å². The zero-order valence-electron chi connectivity index (χ0n) is 14.6. The van der Waals surface area contributed by atoms with Gasteiger partial charge in [-0.25, -0.2) is 0 Å². The van der Waals surface area contributed by atoms with Gasteiger partial charge in [-0.1, -0.05) is 53.0 Å². The predicted octanol–water partition coefficient (Wildman–Crippen LogP) is 4.10. The summed E-state index contributed by atoms with van der Waals surface area (Å²) in [6.07, 6.45) is 0. The Labute approximate surface area is 158 Å². The van der Waals surface area contributed by atoms with Crippen LogP contribution in [0.1, 0.15) is 17.2 Å². The fourth-order valence-electron chi connectivity index (χ4n) is 2.38. The van der Waals surface area contributed by atoms with Gasteiger partial charge in [0.15, 0.2) is 6.61 Å². The van der Waals surface area contributed by atoms with E-state index in [0.29, 0.717) is 22.3 Å². The lowest BCUT2D eigenvalue weighted by molar-refractivity contribution is -0.123. The van der Waals surface area contributed by atoms with Gasteiger partial charge in [-0.15, -0.1) is 0 Å². The highest BCUT2D eigenvalue weighted by molar-refractivity contribution is 6.34. The van der Waals surface area contributed by atoms with Crippen molar-refractivity contribution in [3.63, 3.8) is 0 Å². The van der Waals surface area contributed by atoms with Crippen molar-refractivity contribution in [2.45, 2.75) is 13.0 Å². The Bertz CT molecular complexity index is 718. The Morgan fingerprint density at radius 2 is 1.84 bits per heavy atom. The molecule has 1 amide bonds. The molecule has 2 aromatic carbocycles. The van der Waals surface area contributed by atoms with Crippen LogP contribution in [-0.4, -0.2) is 38.1 Å². The number of likely N-dealkylation sites (N-methyl/N-ethyl adjacent to an activating group) is 1. The highest BCUT2D eigenvalue weighted by atomic mass is 35.5. The van der Waals surface area contributed by atoms with Gasteiger partial charge in [0.25, 0.3) is 5.91 Å². The minimum absolute atomic E-state index is 0.0827. The minimum atomic E-state index is -0.213. The van der Waals surface area contributed by atoms with Crippen molar-refractivity contribution >= 4 is 29.1 Å². The van der Waals surface area contributed by atoms with Crippen molar-refractivity contribution in [3.8, 4) is 5.75 Å². The highest BCUT2D eigenvalue weighted by Gasteiger charge is 2.15. The van der Waals surface area contributed by atoms with Crippen LogP contribution in [0, 0.1) is 6.92 Å². The highest BCUT2D eigenvalue weighted by Crippen LogP contribution is 2.27.